The number of Topliss-reactive ketones (excluding diaryl/α,β-unsaturated/α-hetero) is 1. The lowest BCUT2D eigenvalue weighted by molar-refractivity contribution is -0.117. The van der Waals surface area contributed by atoms with Crippen LogP contribution in [-0.2, 0) is 4.79 Å². The second kappa shape index (κ2) is 7.63. The number of nitrogens with zero attached hydrogens (tertiary/aromatic N) is 2. The Morgan fingerprint density at radius 1 is 1.24 bits per heavy atom. The van der Waals surface area contributed by atoms with Gasteiger partial charge in [-0.05, 0) is 42.8 Å². The molecule has 1 unspecified atom stereocenters. The van der Waals surface area contributed by atoms with Crippen molar-refractivity contribution in [3.05, 3.63) is 89.8 Å². The molecule has 0 radical (unpaired) electrons. The third kappa shape index (κ3) is 3.27. The van der Waals surface area contributed by atoms with Crippen LogP contribution in [0, 0.1) is 0 Å². The Bertz CT molecular complexity index is 1070. The maximum atomic E-state index is 13.1. The maximum absolute atomic E-state index is 13.1. The smallest absolute Gasteiger partial charge is 0.294 e. The average molecular weight is 390 g/mol. The Balaban J connectivity index is 1.85. The second-order valence-corrected chi connectivity index (χ2v) is 6.36. The van der Waals surface area contributed by atoms with Crippen molar-refractivity contribution in [2.24, 2.45) is 0 Å². The number of hydrogen-bond donors (Lipinski definition) is 1. The van der Waals surface area contributed by atoms with Crippen molar-refractivity contribution in [2.45, 2.75) is 13.0 Å². The maximum Gasteiger partial charge on any atom is 0.294 e. The summed E-state index contributed by atoms with van der Waals surface area (Å²) in [5, 5.41) is 10.6. The summed E-state index contributed by atoms with van der Waals surface area (Å²) in [6.45, 7) is 2.33. The molecule has 1 aliphatic heterocycles. The van der Waals surface area contributed by atoms with E-state index < -0.39 is 23.5 Å². The first kappa shape index (κ1) is 18.5. The van der Waals surface area contributed by atoms with Crippen LogP contribution in [0.25, 0.3) is 0 Å². The van der Waals surface area contributed by atoms with Gasteiger partial charge in [0, 0.05) is 24.1 Å². The monoisotopic (exact) mass is 390 g/mol. The van der Waals surface area contributed by atoms with E-state index in [9.17, 15) is 14.7 Å². The minimum atomic E-state index is -0.856. The number of carbonyl (C=O) groups is 2. The Kier molecular flexibility index (Phi) is 4.87. The third-order valence-electron chi connectivity index (χ3n) is 4.60. The molecule has 1 atom stereocenters. The van der Waals surface area contributed by atoms with E-state index in [2.05, 4.69) is 4.98 Å². The van der Waals surface area contributed by atoms with Gasteiger partial charge >= 0.3 is 0 Å². The minimum Gasteiger partial charge on any atom is -0.503 e. The van der Waals surface area contributed by atoms with Gasteiger partial charge in [0.1, 0.15) is 5.75 Å². The number of ether oxygens (including phenoxy) is 1. The van der Waals surface area contributed by atoms with Crippen molar-refractivity contribution < 1.29 is 23.8 Å². The van der Waals surface area contributed by atoms with E-state index in [1.54, 1.807) is 54.9 Å². The van der Waals surface area contributed by atoms with E-state index in [0.717, 1.165) is 0 Å². The van der Waals surface area contributed by atoms with E-state index in [1.807, 2.05) is 6.92 Å². The number of aliphatic hydroxyl groups is 1. The van der Waals surface area contributed by atoms with Gasteiger partial charge in [0.05, 0.1) is 24.5 Å². The van der Waals surface area contributed by atoms with Crippen LogP contribution < -0.4 is 9.64 Å². The van der Waals surface area contributed by atoms with Gasteiger partial charge in [0.2, 0.25) is 5.78 Å². The molecule has 7 nitrogen and oxygen atoms in total. The van der Waals surface area contributed by atoms with Crippen molar-refractivity contribution in [2.75, 3.05) is 11.5 Å². The van der Waals surface area contributed by atoms with Gasteiger partial charge in [-0.1, -0.05) is 12.1 Å². The molecule has 0 bridgehead atoms. The Morgan fingerprint density at radius 3 is 2.79 bits per heavy atom. The van der Waals surface area contributed by atoms with Crippen LogP contribution in [0.15, 0.2) is 82.9 Å². The van der Waals surface area contributed by atoms with Crippen molar-refractivity contribution in [3.8, 4) is 5.75 Å². The highest BCUT2D eigenvalue weighted by atomic mass is 16.5. The fourth-order valence-corrected chi connectivity index (χ4v) is 3.39. The number of anilines is 1. The van der Waals surface area contributed by atoms with Gasteiger partial charge in [-0.3, -0.25) is 19.5 Å². The normalized spacial score (nSPS) is 16.4. The number of rotatable bonds is 6. The molecular weight excluding hydrogens is 372 g/mol. The molecule has 1 N–H and O–H groups in total. The topological polar surface area (TPSA) is 92.9 Å². The third-order valence-corrected chi connectivity index (χ3v) is 4.60. The van der Waals surface area contributed by atoms with E-state index in [0.29, 0.717) is 23.6 Å². The zero-order chi connectivity index (χ0) is 20.4. The fraction of sp³-hybridized carbons (Fsp3) is 0.136. The quantitative estimate of drug-likeness (QED) is 0.643. The summed E-state index contributed by atoms with van der Waals surface area (Å²) in [6, 6.07) is 12.6. The predicted molar refractivity (Wildman–Crippen MR) is 105 cm³/mol. The standard InChI is InChI=1S/C22H18N2O5/c1-2-28-16-8-3-7-15(12-16)24-19(14-6-4-10-23-13-14)18(21(26)22(24)27)20(25)17-9-5-11-29-17/h3-13,19,26H,2H2,1H3. The fourth-order valence-electron chi connectivity index (χ4n) is 3.39. The van der Waals surface area contributed by atoms with Crippen molar-refractivity contribution >= 4 is 17.4 Å². The lowest BCUT2D eigenvalue weighted by Gasteiger charge is -2.26. The van der Waals surface area contributed by atoms with Crippen LogP contribution >= 0.6 is 0 Å². The predicted octanol–water partition coefficient (Wildman–Crippen LogP) is 3.86. The first-order chi connectivity index (χ1) is 14.1. The van der Waals surface area contributed by atoms with Crippen LogP contribution in [0.4, 0.5) is 5.69 Å². The van der Waals surface area contributed by atoms with E-state index in [1.165, 1.54) is 17.2 Å². The molecule has 3 heterocycles. The molecule has 146 valence electrons. The van der Waals surface area contributed by atoms with Crippen molar-refractivity contribution in [1.29, 1.82) is 0 Å². The number of hydrogen-bond acceptors (Lipinski definition) is 6. The van der Waals surface area contributed by atoms with Gasteiger partial charge in [0.25, 0.3) is 5.91 Å². The molecule has 0 fully saturated rings. The van der Waals surface area contributed by atoms with Gasteiger partial charge < -0.3 is 14.3 Å². The van der Waals surface area contributed by atoms with Crippen LogP contribution in [0.1, 0.15) is 29.1 Å². The summed E-state index contributed by atoms with van der Waals surface area (Å²) >= 11 is 0. The molecule has 1 amide bonds. The van der Waals surface area contributed by atoms with Gasteiger partial charge in [-0.2, -0.15) is 0 Å². The number of amides is 1. The number of pyridine rings is 1. The number of furan rings is 1. The molecule has 3 aromatic rings. The molecule has 29 heavy (non-hydrogen) atoms. The molecular formula is C22H18N2O5. The summed E-state index contributed by atoms with van der Waals surface area (Å²) in [4.78, 5) is 31.6. The largest absolute Gasteiger partial charge is 0.503 e. The number of aliphatic hydroxyl groups excluding tert-OH is 1. The lowest BCUT2D eigenvalue weighted by atomic mass is 9.96. The highest BCUT2D eigenvalue weighted by Crippen LogP contribution is 2.42. The van der Waals surface area contributed by atoms with E-state index in [4.69, 9.17) is 9.15 Å². The van der Waals surface area contributed by atoms with Crippen LogP contribution in [-0.4, -0.2) is 28.4 Å². The number of benzene rings is 1. The summed E-state index contributed by atoms with van der Waals surface area (Å²) in [5.74, 6) is -1.23. The molecule has 0 saturated carbocycles. The molecule has 4 rings (SSSR count). The molecule has 1 aromatic carbocycles. The summed E-state index contributed by atoms with van der Waals surface area (Å²) in [5.41, 5.74) is 1.02. The summed E-state index contributed by atoms with van der Waals surface area (Å²) < 4.78 is 10.7. The highest BCUT2D eigenvalue weighted by molar-refractivity contribution is 6.20. The van der Waals surface area contributed by atoms with E-state index >= 15 is 0 Å². The molecule has 0 spiro atoms. The molecule has 2 aromatic heterocycles. The minimum absolute atomic E-state index is 0.0400. The van der Waals surface area contributed by atoms with Crippen LogP contribution in [0.5, 0.6) is 5.75 Å². The molecule has 0 saturated heterocycles. The zero-order valence-electron chi connectivity index (χ0n) is 15.6. The van der Waals surface area contributed by atoms with Crippen LogP contribution in [0.3, 0.4) is 0 Å². The summed E-state index contributed by atoms with van der Waals surface area (Å²) in [7, 11) is 0. The van der Waals surface area contributed by atoms with E-state index in [-0.39, 0.29) is 11.3 Å². The Labute approximate surface area is 166 Å². The molecule has 0 aliphatic carbocycles. The molecule has 1 aliphatic rings. The first-order valence-electron chi connectivity index (χ1n) is 9.09. The summed E-state index contributed by atoms with van der Waals surface area (Å²) in [6.07, 6.45) is 4.52. The number of carbonyl (C=O) groups excluding carboxylic acids is 2. The van der Waals surface area contributed by atoms with Gasteiger partial charge in [-0.25, -0.2) is 0 Å². The van der Waals surface area contributed by atoms with Crippen LogP contribution in [0.2, 0.25) is 0 Å². The van der Waals surface area contributed by atoms with Crippen molar-refractivity contribution in [1.82, 2.24) is 4.98 Å². The Hall–Kier alpha value is -3.87. The number of ketones is 1. The van der Waals surface area contributed by atoms with Gasteiger partial charge in [-0.15, -0.1) is 0 Å². The average Bonchev–Trinajstić information content (AvgIpc) is 3.36. The lowest BCUT2D eigenvalue weighted by Crippen LogP contribution is -2.31. The Morgan fingerprint density at radius 2 is 2.10 bits per heavy atom. The zero-order valence-corrected chi connectivity index (χ0v) is 15.6. The molecule has 7 heteroatoms. The SMILES string of the molecule is CCOc1cccc(N2C(=O)C(O)=C(C(=O)c3ccco3)C2c2cccnc2)c1. The number of aromatic nitrogens is 1. The van der Waals surface area contributed by atoms with Gasteiger partial charge in [0.15, 0.2) is 11.5 Å². The second-order valence-electron chi connectivity index (χ2n) is 6.36. The first-order valence-corrected chi connectivity index (χ1v) is 9.09. The highest BCUT2D eigenvalue weighted by Gasteiger charge is 2.45. The van der Waals surface area contributed by atoms with Crippen molar-refractivity contribution in [3.63, 3.8) is 0 Å².